The van der Waals surface area contributed by atoms with Crippen LogP contribution in [0.3, 0.4) is 0 Å². The standard InChI is InChI=1S/C2H2Cl2F2.C2H2Cl2/c3-1(5)2(4)6;1-2(3)4/h1-2H;1H2. The molecule has 0 saturated heterocycles. The van der Waals surface area contributed by atoms with Gasteiger partial charge in [0.25, 0.3) is 0 Å². The lowest BCUT2D eigenvalue weighted by Gasteiger charge is -1.92. The molecule has 0 spiro atoms. The molecule has 0 nitrogen and oxygen atoms in total. The van der Waals surface area contributed by atoms with E-state index in [1.54, 1.807) is 0 Å². The average molecular weight is 232 g/mol. The molecule has 0 radical (unpaired) electrons. The Morgan fingerprint density at radius 3 is 1.20 bits per heavy atom. The van der Waals surface area contributed by atoms with Gasteiger partial charge in [-0.1, -0.05) is 53.0 Å². The van der Waals surface area contributed by atoms with Crippen molar-refractivity contribution in [1.29, 1.82) is 0 Å². The van der Waals surface area contributed by atoms with Crippen molar-refractivity contribution in [2.45, 2.75) is 11.3 Å². The molecule has 0 aromatic carbocycles. The molecular formula is C4H4Cl4F2. The molecule has 0 amide bonds. The molecule has 0 aliphatic rings. The number of hydrogen-bond donors (Lipinski definition) is 0. The van der Waals surface area contributed by atoms with Gasteiger partial charge in [0.2, 0.25) is 11.3 Å². The van der Waals surface area contributed by atoms with Gasteiger partial charge in [0.05, 0.1) is 4.49 Å². The molecule has 0 saturated carbocycles. The molecule has 0 heterocycles. The van der Waals surface area contributed by atoms with E-state index < -0.39 is 11.3 Å². The van der Waals surface area contributed by atoms with Crippen molar-refractivity contribution in [2.24, 2.45) is 0 Å². The first kappa shape index (κ1) is 13.4. The molecule has 6 heteroatoms. The third-order valence-electron chi connectivity index (χ3n) is 0.190. The van der Waals surface area contributed by atoms with E-state index in [2.05, 4.69) is 29.8 Å². The van der Waals surface area contributed by atoms with Crippen LogP contribution in [0, 0.1) is 0 Å². The Bertz CT molecular complexity index is 83.3. The summed E-state index contributed by atoms with van der Waals surface area (Å²) in [5.74, 6) is 0. The summed E-state index contributed by atoms with van der Waals surface area (Å²) in [6, 6.07) is 0. The van der Waals surface area contributed by atoms with Crippen molar-refractivity contribution in [3.05, 3.63) is 11.1 Å². The molecule has 10 heavy (non-hydrogen) atoms. The first-order valence-corrected chi connectivity index (χ1v) is 3.57. The first-order valence-electron chi connectivity index (χ1n) is 1.94. The van der Waals surface area contributed by atoms with E-state index in [1.165, 1.54) is 0 Å². The lowest BCUT2D eigenvalue weighted by Crippen LogP contribution is -1.99. The van der Waals surface area contributed by atoms with Crippen LogP contribution in [-0.4, -0.2) is 11.3 Å². The van der Waals surface area contributed by atoms with Crippen LogP contribution < -0.4 is 0 Å². The Kier molecular flexibility index (Phi) is 10.5. The highest BCUT2D eigenvalue weighted by Gasteiger charge is 2.11. The van der Waals surface area contributed by atoms with Gasteiger partial charge in [0.15, 0.2) is 0 Å². The number of halogens is 6. The second-order valence-electron chi connectivity index (χ2n) is 1.01. The highest BCUT2D eigenvalue weighted by atomic mass is 35.5. The lowest BCUT2D eigenvalue weighted by atomic mass is 10.8. The number of hydrogen-bond acceptors (Lipinski definition) is 0. The van der Waals surface area contributed by atoms with Crippen molar-refractivity contribution < 1.29 is 8.78 Å². The van der Waals surface area contributed by atoms with Crippen LogP contribution >= 0.6 is 46.4 Å². The second-order valence-corrected chi connectivity index (χ2v) is 2.95. The summed E-state index contributed by atoms with van der Waals surface area (Å²) in [6.45, 7) is 3.09. The van der Waals surface area contributed by atoms with E-state index in [9.17, 15) is 8.78 Å². The van der Waals surface area contributed by atoms with Gasteiger partial charge in [0, 0.05) is 0 Å². The molecule has 0 aromatic heterocycles. The molecule has 0 rings (SSSR count). The van der Waals surface area contributed by atoms with Crippen LogP contribution in [0.15, 0.2) is 11.1 Å². The van der Waals surface area contributed by atoms with Crippen molar-refractivity contribution in [3.63, 3.8) is 0 Å². The Balaban J connectivity index is 0. The van der Waals surface area contributed by atoms with Crippen molar-refractivity contribution >= 4 is 46.4 Å². The molecule has 62 valence electrons. The van der Waals surface area contributed by atoms with Crippen LogP contribution in [0.5, 0.6) is 0 Å². The zero-order valence-electron chi connectivity index (χ0n) is 4.63. The maximum absolute atomic E-state index is 11.1. The lowest BCUT2D eigenvalue weighted by molar-refractivity contribution is 0.306. The molecule has 0 N–H and O–H groups in total. The molecule has 0 fully saturated rings. The predicted molar refractivity (Wildman–Crippen MR) is 42.3 cm³/mol. The summed E-state index contributed by atoms with van der Waals surface area (Å²) in [7, 11) is 0. The topological polar surface area (TPSA) is 0 Å². The van der Waals surface area contributed by atoms with Crippen LogP contribution in [-0.2, 0) is 0 Å². The minimum absolute atomic E-state index is 0.111. The molecule has 2 atom stereocenters. The van der Waals surface area contributed by atoms with Crippen molar-refractivity contribution in [3.8, 4) is 0 Å². The molecule has 0 aliphatic carbocycles. The fraction of sp³-hybridized carbons (Fsp3) is 0.500. The Morgan fingerprint density at radius 1 is 1.10 bits per heavy atom. The Labute approximate surface area is 77.7 Å². The number of alkyl halides is 4. The van der Waals surface area contributed by atoms with E-state index in [4.69, 9.17) is 23.2 Å². The monoisotopic (exact) mass is 230 g/mol. The van der Waals surface area contributed by atoms with Crippen molar-refractivity contribution in [2.75, 3.05) is 0 Å². The molecule has 0 bridgehead atoms. The minimum atomic E-state index is -2.08. The summed E-state index contributed by atoms with van der Waals surface area (Å²) in [4.78, 5) is 0. The highest BCUT2D eigenvalue weighted by Crippen LogP contribution is 2.10. The van der Waals surface area contributed by atoms with Gasteiger partial charge in [-0.3, -0.25) is 0 Å². The van der Waals surface area contributed by atoms with E-state index in [1.807, 2.05) is 0 Å². The van der Waals surface area contributed by atoms with E-state index in [-0.39, 0.29) is 4.49 Å². The smallest absolute Gasteiger partial charge is 0.218 e. The van der Waals surface area contributed by atoms with E-state index in [0.717, 1.165) is 0 Å². The second kappa shape index (κ2) is 7.86. The summed E-state index contributed by atoms with van der Waals surface area (Å²) < 4.78 is 22.3. The Hall–Kier alpha value is 0.760. The maximum Gasteiger partial charge on any atom is 0.218 e. The van der Waals surface area contributed by atoms with Crippen LogP contribution in [0.1, 0.15) is 0 Å². The van der Waals surface area contributed by atoms with Gasteiger partial charge >= 0.3 is 0 Å². The third kappa shape index (κ3) is 23.3. The predicted octanol–water partition coefficient (Wildman–Crippen LogP) is 3.99. The number of rotatable bonds is 1. The van der Waals surface area contributed by atoms with Gasteiger partial charge in [0.1, 0.15) is 0 Å². The zero-order chi connectivity index (χ0) is 8.73. The van der Waals surface area contributed by atoms with E-state index in [0.29, 0.717) is 0 Å². The molecular weight excluding hydrogens is 228 g/mol. The molecule has 2 unspecified atom stereocenters. The first-order chi connectivity index (χ1) is 4.37. The summed E-state index contributed by atoms with van der Waals surface area (Å²) >= 11 is 18.6. The third-order valence-corrected chi connectivity index (χ3v) is 0.762. The zero-order valence-corrected chi connectivity index (χ0v) is 7.65. The SMILES string of the molecule is C=C(Cl)Cl.FC(Cl)C(F)Cl. The van der Waals surface area contributed by atoms with Gasteiger partial charge in [-0.15, -0.1) is 0 Å². The Morgan fingerprint density at radius 2 is 1.20 bits per heavy atom. The van der Waals surface area contributed by atoms with Crippen LogP contribution in [0.25, 0.3) is 0 Å². The van der Waals surface area contributed by atoms with Crippen molar-refractivity contribution in [1.82, 2.24) is 0 Å². The highest BCUT2D eigenvalue weighted by molar-refractivity contribution is 6.55. The van der Waals surface area contributed by atoms with Crippen LogP contribution in [0.2, 0.25) is 0 Å². The van der Waals surface area contributed by atoms with E-state index >= 15 is 0 Å². The van der Waals surface area contributed by atoms with Gasteiger partial charge in [-0.05, 0) is 0 Å². The average Bonchev–Trinajstić information content (AvgIpc) is 1.63. The summed E-state index contributed by atoms with van der Waals surface area (Å²) in [5.41, 5.74) is -4.15. The fourth-order valence-corrected chi connectivity index (χ4v) is 0. The largest absolute Gasteiger partial charge is 0.225 e. The van der Waals surface area contributed by atoms with Crippen LogP contribution in [0.4, 0.5) is 8.78 Å². The molecule has 0 aromatic rings. The maximum atomic E-state index is 11.1. The quantitative estimate of drug-likeness (QED) is 0.599. The minimum Gasteiger partial charge on any atom is -0.225 e. The summed E-state index contributed by atoms with van der Waals surface area (Å²) in [6.07, 6.45) is 0. The molecule has 0 aliphatic heterocycles. The van der Waals surface area contributed by atoms with Gasteiger partial charge < -0.3 is 0 Å². The normalized spacial score (nSPS) is 14.6. The van der Waals surface area contributed by atoms with Gasteiger partial charge in [-0.2, -0.15) is 0 Å². The van der Waals surface area contributed by atoms with Gasteiger partial charge in [-0.25, -0.2) is 8.78 Å². The summed E-state index contributed by atoms with van der Waals surface area (Å²) in [5, 5.41) is 0. The fourth-order valence-electron chi connectivity index (χ4n) is 0.